The summed E-state index contributed by atoms with van der Waals surface area (Å²) >= 11 is 1.55. The molecule has 2 aliphatic carbocycles. The molecule has 3 heterocycles. The number of anilines is 1. The average Bonchev–Trinajstić information content (AvgIpc) is 3.47. The van der Waals surface area contributed by atoms with E-state index < -0.39 is 15.6 Å². The molecular weight excluding hydrogens is 472 g/mol. The standard InChI is InChI=1S/C24H28N4O4S2/c1-14-19(22-27-15-8-4-5-9-18(15)33-22)21(28-23(25-14)34(2,29)30)26-16-10-11-17-20(16)32-24(31-17)12-6-3-7-13-24/h4-5,8-9,16-17,20H,3,6-7,10-13H2,1-2H3,(H,25,26,28)/t16-,17-,20+/m1/s1. The van der Waals surface area contributed by atoms with Crippen LogP contribution in [0.25, 0.3) is 20.8 Å². The maximum Gasteiger partial charge on any atom is 0.249 e. The molecule has 1 aliphatic heterocycles. The summed E-state index contributed by atoms with van der Waals surface area (Å²) in [6, 6.07) is 7.91. The maximum absolute atomic E-state index is 12.3. The van der Waals surface area contributed by atoms with Crippen molar-refractivity contribution in [1.82, 2.24) is 15.0 Å². The van der Waals surface area contributed by atoms with Gasteiger partial charge < -0.3 is 14.8 Å². The molecule has 0 bridgehead atoms. The van der Waals surface area contributed by atoms with E-state index in [4.69, 9.17) is 14.5 Å². The molecule has 2 saturated carbocycles. The van der Waals surface area contributed by atoms with Crippen molar-refractivity contribution in [1.29, 1.82) is 0 Å². The molecule has 0 unspecified atom stereocenters. The van der Waals surface area contributed by atoms with E-state index in [2.05, 4.69) is 15.3 Å². The predicted molar refractivity (Wildman–Crippen MR) is 131 cm³/mol. The Morgan fingerprint density at radius 3 is 2.62 bits per heavy atom. The number of ether oxygens (including phenoxy) is 2. The number of hydrogen-bond acceptors (Lipinski definition) is 9. The number of hydrogen-bond donors (Lipinski definition) is 1. The van der Waals surface area contributed by atoms with Crippen LogP contribution in [-0.4, -0.2) is 53.7 Å². The molecule has 2 aromatic heterocycles. The molecular formula is C24H28N4O4S2. The first kappa shape index (κ1) is 22.3. The molecule has 3 atom stereocenters. The molecule has 3 aliphatic rings. The molecule has 1 spiro atoms. The fourth-order valence-electron chi connectivity index (χ4n) is 5.48. The Morgan fingerprint density at radius 1 is 1.06 bits per heavy atom. The monoisotopic (exact) mass is 500 g/mol. The lowest BCUT2D eigenvalue weighted by molar-refractivity contribution is -0.198. The fraction of sp³-hybridized carbons (Fsp3) is 0.542. The normalized spacial score (nSPS) is 26.2. The van der Waals surface area contributed by atoms with E-state index >= 15 is 0 Å². The highest BCUT2D eigenvalue weighted by Gasteiger charge is 2.53. The van der Waals surface area contributed by atoms with E-state index in [1.165, 1.54) is 6.42 Å². The fourth-order valence-corrected chi connectivity index (χ4v) is 7.10. The number of fused-ring (bicyclic) bond motifs is 2. The van der Waals surface area contributed by atoms with Gasteiger partial charge in [0, 0.05) is 19.1 Å². The molecule has 1 saturated heterocycles. The number of aryl methyl sites for hydroxylation is 1. The van der Waals surface area contributed by atoms with Crippen molar-refractivity contribution in [3.63, 3.8) is 0 Å². The van der Waals surface area contributed by atoms with Crippen LogP contribution in [0.2, 0.25) is 0 Å². The first-order valence-electron chi connectivity index (χ1n) is 11.9. The second-order valence-electron chi connectivity index (χ2n) is 9.61. The van der Waals surface area contributed by atoms with E-state index in [-0.39, 0.29) is 23.4 Å². The zero-order valence-corrected chi connectivity index (χ0v) is 20.9. The van der Waals surface area contributed by atoms with Crippen molar-refractivity contribution >= 4 is 37.2 Å². The largest absolute Gasteiger partial charge is 0.364 e. The molecule has 8 nitrogen and oxygen atoms in total. The van der Waals surface area contributed by atoms with Crippen LogP contribution in [0, 0.1) is 6.92 Å². The molecule has 3 fully saturated rings. The molecule has 10 heteroatoms. The number of aromatic nitrogens is 3. The maximum atomic E-state index is 12.3. The Hall–Kier alpha value is -2.14. The molecule has 0 amide bonds. The average molecular weight is 501 g/mol. The summed E-state index contributed by atoms with van der Waals surface area (Å²) in [5, 5.41) is 4.13. The Balaban J connectivity index is 1.38. The zero-order chi connectivity index (χ0) is 23.5. The van der Waals surface area contributed by atoms with Crippen molar-refractivity contribution in [3.05, 3.63) is 30.0 Å². The second-order valence-corrected chi connectivity index (χ2v) is 12.6. The Bertz CT molecular complexity index is 1320. The van der Waals surface area contributed by atoms with Gasteiger partial charge in [0.2, 0.25) is 15.0 Å². The van der Waals surface area contributed by atoms with Crippen LogP contribution in [0.5, 0.6) is 0 Å². The number of rotatable bonds is 4. The van der Waals surface area contributed by atoms with Gasteiger partial charge in [0.15, 0.2) is 5.79 Å². The van der Waals surface area contributed by atoms with Crippen LogP contribution in [-0.2, 0) is 19.3 Å². The molecule has 34 heavy (non-hydrogen) atoms. The van der Waals surface area contributed by atoms with E-state index in [0.29, 0.717) is 11.5 Å². The highest BCUT2D eigenvalue weighted by Crippen LogP contribution is 2.46. The summed E-state index contributed by atoms with van der Waals surface area (Å²) in [5.41, 5.74) is 2.22. The third kappa shape index (κ3) is 3.90. The van der Waals surface area contributed by atoms with Crippen LogP contribution in [0.3, 0.4) is 0 Å². The minimum atomic E-state index is -3.58. The van der Waals surface area contributed by atoms with E-state index in [9.17, 15) is 8.42 Å². The summed E-state index contributed by atoms with van der Waals surface area (Å²) < 4.78 is 38.7. The van der Waals surface area contributed by atoms with Crippen LogP contribution in [0.15, 0.2) is 29.4 Å². The summed E-state index contributed by atoms with van der Waals surface area (Å²) in [4.78, 5) is 13.6. The molecule has 3 aromatic rings. The lowest BCUT2D eigenvalue weighted by Gasteiger charge is -2.33. The van der Waals surface area contributed by atoms with E-state index in [1.54, 1.807) is 11.3 Å². The topological polar surface area (TPSA) is 103 Å². The van der Waals surface area contributed by atoms with Crippen LogP contribution < -0.4 is 5.32 Å². The summed E-state index contributed by atoms with van der Waals surface area (Å²) in [6.07, 6.45) is 8.23. The summed E-state index contributed by atoms with van der Waals surface area (Å²) in [6.45, 7) is 1.81. The second kappa shape index (κ2) is 8.22. The first-order chi connectivity index (χ1) is 16.3. The van der Waals surface area contributed by atoms with Gasteiger partial charge in [-0.15, -0.1) is 11.3 Å². The highest BCUT2D eigenvalue weighted by molar-refractivity contribution is 7.90. The highest BCUT2D eigenvalue weighted by atomic mass is 32.2. The van der Waals surface area contributed by atoms with Crippen molar-refractivity contribution in [2.24, 2.45) is 0 Å². The number of sulfone groups is 1. The Kier molecular flexibility index (Phi) is 5.40. The number of benzene rings is 1. The Morgan fingerprint density at radius 2 is 1.85 bits per heavy atom. The third-order valence-electron chi connectivity index (χ3n) is 7.09. The van der Waals surface area contributed by atoms with Crippen LogP contribution >= 0.6 is 11.3 Å². The van der Waals surface area contributed by atoms with Gasteiger partial charge >= 0.3 is 0 Å². The molecule has 1 aromatic carbocycles. The molecule has 180 valence electrons. The minimum Gasteiger partial charge on any atom is -0.364 e. The number of para-hydroxylation sites is 1. The van der Waals surface area contributed by atoms with Gasteiger partial charge in [-0.2, -0.15) is 0 Å². The number of nitrogens with zero attached hydrogens (tertiary/aromatic N) is 3. The quantitative estimate of drug-likeness (QED) is 0.523. The Labute approximate surface area is 203 Å². The smallest absolute Gasteiger partial charge is 0.249 e. The zero-order valence-electron chi connectivity index (χ0n) is 19.3. The van der Waals surface area contributed by atoms with Crippen LogP contribution in [0.1, 0.15) is 50.6 Å². The van der Waals surface area contributed by atoms with Crippen molar-refractivity contribution < 1.29 is 17.9 Å². The van der Waals surface area contributed by atoms with Gasteiger partial charge in [0.05, 0.1) is 33.6 Å². The van der Waals surface area contributed by atoms with Crippen molar-refractivity contribution in [2.45, 2.75) is 81.1 Å². The van der Waals surface area contributed by atoms with E-state index in [1.807, 2.05) is 31.2 Å². The van der Waals surface area contributed by atoms with Crippen molar-refractivity contribution in [3.8, 4) is 10.6 Å². The van der Waals surface area contributed by atoms with Gasteiger partial charge in [-0.05, 0) is 44.7 Å². The molecule has 0 radical (unpaired) electrons. The van der Waals surface area contributed by atoms with Gasteiger partial charge in [0.25, 0.3) is 0 Å². The summed E-state index contributed by atoms with van der Waals surface area (Å²) in [7, 11) is -3.58. The lowest BCUT2D eigenvalue weighted by Crippen LogP contribution is -2.38. The van der Waals surface area contributed by atoms with Gasteiger partial charge in [-0.3, -0.25) is 0 Å². The minimum absolute atomic E-state index is 0.0267. The summed E-state index contributed by atoms with van der Waals surface area (Å²) in [5.74, 6) is 0.0364. The lowest BCUT2D eigenvalue weighted by atomic mass is 9.94. The third-order valence-corrected chi connectivity index (χ3v) is 8.99. The number of nitrogens with one attached hydrogen (secondary N) is 1. The predicted octanol–water partition coefficient (Wildman–Crippen LogP) is 4.48. The van der Waals surface area contributed by atoms with Gasteiger partial charge in [0.1, 0.15) is 16.9 Å². The van der Waals surface area contributed by atoms with Crippen molar-refractivity contribution in [2.75, 3.05) is 11.6 Å². The number of thiazole rings is 1. The van der Waals surface area contributed by atoms with Gasteiger partial charge in [-0.25, -0.2) is 23.4 Å². The van der Waals surface area contributed by atoms with Crippen LogP contribution in [0.4, 0.5) is 5.82 Å². The molecule has 6 rings (SSSR count). The SMILES string of the molecule is Cc1nc(S(C)(=O)=O)nc(N[C@@H]2CC[C@H]3OC4(CCCCC4)O[C@@H]23)c1-c1nc2ccccc2s1. The van der Waals surface area contributed by atoms with E-state index in [0.717, 1.165) is 65.6 Å². The molecule has 1 N–H and O–H groups in total. The van der Waals surface area contributed by atoms with Gasteiger partial charge in [-0.1, -0.05) is 18.6 Å². The first-order valence-corrected chi connectivity index (χ1v) is 14.6.